The number of hydrogen-bond acceptors (Lipinski definition) is 2. The summed E-state index contributed by atoms with van der Waals surface area (Å²) in [6, 6.07) is 4.92. The van der Waals surface area contributed by atoms with Crippen LogP contribution in [0, 0.1) is 12.7 Å². The molecule has 0 radical (unpaired) electrons. The molecule has 2 bridgehead atoms. The summed E-state index contributed by atoms with van der Waals surface area (Å²) < 4.78 is 19.5. The first-order valence-electron chi connectivity index (χ1n) is 6.36. The van der Waals surface area contributed by atoms with Gasteiger partial charge in [-0.25, -0.2) is 4.39 Å². The summed E-state index contributed by atoms with van der Waals surface area (Å²) in [6.45, 7) is 1.66. The molecule has 2 aliphatic rings. The molecule has 1 amide bonds. The lowest BCUT2D eigenvalue weighted by atomic mass is 9.95. The zero-order valence-electron chi connectivity index (χ0n) is 10.3. The number of carbonyl (C=O) groups is 1. The Bertz CT molecular complexity index is 489. The second kappa shape index (κ2) is 4.35. The summed E-state index contributed by atoms with van der Waals surface area (Å²) in [4.78, 5) is 12.0. The lowest BCUT2D eigenvalue weighted by molar-refractivity contribution is 0.0838. The minimum absolute atomic E-state index is 0.0381. The van der Waals surface area contributed by atoms with Gasteiger partial charge >= 0.3 is 0 Å². The van der Waals surface area contributed by atoms with Gasteiger partial charge in [0.1, 0.15) is 5.82 Å². The number of halogens is 1. The second-order valence-corrected chi connectivity index (χ2v) is 5.13. The summed E-state index contributed by atoms with van der Waals surface area (Å²) in [6.07, 6.45) is 3.32. The Morgan fingerprint density at radius 2 is 2.28 bits per heavy atom. The van der Waals surface area contributed by atoms with E-state index in [0.717, 1.165) is 19.3 Å². The molecule has 3 rings (SSSR count). The molecule has 2 aliphatic heterocycles. The van der Waals surface area contributed by atoms with E-state index in [2.05, 4.69) is 5.32 Å². The third-order valence-corrected chi connectivity index (χ3v) is 3.86. The first kappa shape index (κ1) is 11.7. The monoisotopic (exact) mass is 249 g/mol. The van der Waals surface area contributed by atoms with Gasteiger partial charge in [0.25, 0.3) is 5.91 Å². The fraction of sp³-hybridized carbons (Fsp3) is 0.500. The van der Waals surface area contributed by atoms with Crippen molar-refractivity contribution in [3.05, 3.63) is 35.1 Å². The fourth-order valence-corrected chi connectivity index (χ4v) is 2.86. The molecule has 2 fully saturated rings. The molecule has 0 aromatic heterocycles. The van der Waals surface area contributed by atoms with E-state index in [9.17, 15) is 9.18 Å². The minimum atomic E-state index is -0.431. The Morgan fingerprint density at radius 1 is 1.44 bits per heavy atom. The number of fused-ring (bicyclic) bond motifs is 2. The first-order valence-corrected chi connectivity index (χ1v) is 6.36. The number of amides is 1. The maximum absolute atomic E-state index is 13.8. The molecule has 18 heavy (non-hydrogen) atoms. The van der Waals surface area contributed by atoms with Gasteiger partial charge in [0.15, 0.2) is 0 Å². The molecule has 0 saturated carbocycles. The van der Waals surface area contributed by atoms with Crippen molar-refractivity contribution in [2.45, 2.75) is 44.4 Å². The minimum Gasteiger partial charge on any atom is -0.373 e. The summed E-state index contributed by atoms with van der Waals surface area (Å²) in [5.74, 6) is -0.767. The smallest absolute Gasteiger partial charge is 0.254 e. The zero-order valence-corrected chi connectivity index (χ0v) is 10.3. The van der Waals surface area contributed by atoms with Crippen LogP contribution in [0.25, 0.3) is 0 Å². The largest absolute Gasteiger partial charge is 0.373 e. The highest BCUT2D eigenvalue weighted by Crippen LogP contribution is 2.34. The quantitative estimate of drug-likeness (QED) is 0.872. The van der Waals surface area contributed by atoms with Gasteiger partial charge in [0.05, 0.1) is 23.8 Å². The second-order valence-electron chi connectivity index (χ2n) is 5.13. The summed E-state index contributed by atoms with van der Waals surface area (Å²) in [5.41, 5.74) is 0.615. The lowest BCUT2D eigenvalue weighted by Gasteiger charge is -2.20. The van der Waals surface area contributed by atoms with Crippen LogP contribution in [0.4, 0.5) is 4.39 Å². The highest BCUT2D eigenvalue weighted by molar-refractivity contribution is 5.94. The molecule has 2 heterocycles. The highest BCUT2D eigenvalue weighted by Gasteiger charge is 2.41. The van der Waals surface area contributed by atoms with E-state index in [-0.39, 0.29) is 29.7 Å². The van der Waals surface area contributed by atoms with E-state index in [4.69, 9.17) is 4.74 Å². The van der Waals surface area contributed by atoms with Gasteiger partial charge in [-0.05, 0) is 37.8 Å². The van der Waals surface area contributed by atoms with E-state index in [1.807, 2.05) is 0 Å². The van der Waals surface area contributed by atoms with Crippen LogP contribution >= 0.6 is 0 Å². The first-order chi connectivity index (χ1) is 8.65. The molecular weight excluding hydrogens is 233 g/mol. The average molecular weight is 249 g/mol. The van der Waals surface area contributed by atoms with Crippen molar-refractivity contribution in [2.24, 2.45) is 0 Å². The van der Waals surface area contributed by atoms with E-state index in [1.54, 1.807) is 19.1 Å². The normalized spacial score (nSPS) is 29.6. The van der Waals surface area contributed by atoms with Crippen LogP contribution in [0.2, 0.25) is 0 Å². The van der Waals surface area contributed by atoms with Gasteiger partial charge in [-0.2, -0.15) is 0 Å². The number of carbonyl (C=O) groups excluding carboxylic acids is 1. The maximum Gasteiger partial charge on any atom is 0.254 e. The van der Waals surface area contributed by atoms with Crippen molar-refractivity contribution < 1.29 is 13.9 Å². The van der Waals surface area contributed by atoms with Crippen molar-refractivity contribution in [1.82, 2.24) is 5.32 Å². The Balaban J connectivity index is 1.73. The number of ether oxygens (including phenoxy) is 1. The topological polar surface area (TPSA) is 38.3 Å². The summed E-state index contributed by atoms with van der Waals surface area (Å²) in [5, 5.41) is 2.89. The Labute approximate surface area is 105 Å². The molecular formula is C14H16FNO2. The molecule has 3 nitrogen and oxygen atoms in total. The van der Waals surface area contributed by atoms with Crippen molar-refractivity contribution >= 4 is 5.91 Å². The summed E-state index contributed by atoms with van der Waals surface area (Å²) >= 11 is 0. The third-order valence-electron chi connectivity index (χ3n) is 3.86. The molecule has 2 saturated heterocycles. The van der Waals surface area contributed by atoms with E-state index in [0.29, 0.717) is 5.56 Å². The number of rotatable bonds is 2. The molecule has 96 valence electrons. The summed E-state index contributed by atoms with van der Waals surface area (Å²) in [7, 11) is 0. The SMILES string of the molecule is Cc1cccc(C(=O)NC2CC3CCC2O3)c1F. The third kappa shape index (κ3) is 1.90. The molecule has 1 N–H and O–H groups in total. The Kier molecular flexibility index (Phi) is 2.82. The van der Waals surface area contributed by atoms with Crippen molar-refractivity contribution in [3.8, 4) is 0 Å². The molecule has 3 atom stereocenters. The van der Waals surface area contributed by atoms with Crippen LogP contribution in [0.1, 0.15) is 35.2 Å². The van der Waals surface area contributed by atoms with E-state index < -0.39 is 5.82 Å². The van der Waals surface area contributed by atoms with Crippen LogP contribution in [0.15, 0.2) is 18.2 Å². The number of hydrogen-bond donors (Lipinski definition) is 1. The van der Waals surface area contributed by atoms with Crippen molar-refractivity contribution in [1.29, 1.82) is 0 Å². The molecule has 1 aromatic carbocycles. The maximum atomic E-state index is 13.8. The number of benzene rings is 1. The van der Waals surface area contributed by atoms with Crippen LogP contribution in [0.5, 0.6) is 0 Å². The van der Waals surface area contributed by atoms with Crippen LogP contribution in [0.3, 0.4) is 0 Å². The number of aryl methyl sites for hydroxylation is 1. The van der Waals surface area contributed by atoms with Gasteiger partial charge in [0, 0.05) is 0 Å². The average Bonchev–Trinajstić information content (AvgIpc) is 2.94. The standard InChI is InChI=1S/C14H16FNO2/c1-8-3-2-4-10(13(8)15)14(17)16-11-7-9-5-6-12(11)18-9/h2-4,9,11-12H,5-7H2,1H3,(H,16,17). The van der Waals surface area contributed by atoms with Crippen LogP contribution in [-0.2, 0) is 4.74 Å². The van der Waals surface area contributed by atoms with Crippen LogP contribution < -0.4 is 5.32 Å². The van der Waals surface area contributed by atoms with Gasteiger partial charge in [-0.3, -0.25) is 4.79 Å². The zero-order chi connectivity index (χ0) is 12.7. The molecule has 1 aromatic rings. The van der Waals surface area contributed by atoms with Gasteiger partial charge in [-0.15, -0.1) is 0 Å². The van der Waals surface area contributed by atoms with Crippen molar-refractivity contribution in [3.63, 3.8) is 0 Å². The predicted molar refractivity (Wildman–Crippen MR) is 64.9 cm³/mol. The molecule has 4 heteroatoms. The molecule has 0 aliphatic carbocycles. The fourth-order valence-electron chi connectivity index (χ4n) is 2.86. The Hall–Kier alpha value is -1.42. The van der Waals surface area contributed by atoms with Gasteiger partial charge < -0.3 is 10.1 Å². The van der Waals surface area contributed by atoms with E-state index >= 15 is 0 Å². The number of nitrogens with one attached hydrogen (secondary N) is 1. The van der Waals surface area contributed by atoms with Crippen molar-refractivity contribution in [2.75, 3.05) is 0 Å². The molecule has 3 unspecified atom stereocenters. The van der Waals surface area contributed by atoms with Gasteiger partial charge in [0.2, 0.25) is 0 Å². The van der Waals surface area contributed by atoms with E-state index in [1.165, 1.54) is 6.07 Å². The van der Waals surface area contributed by atoms with Gasteiger partial charge in [-0.1, -0.05) is 12.1 Å². The highest BCUT2D eigenvalue weighted by atomic mass is 19.1. The Morgan fingerprint density at radius 3 is 2.94 bits per heavy atom. The lowest BCUT2D eigenvalue weighted by Crippen LogP contribution is -2.41. The molecule has 0 spiro atoms. The van der Waals surface area contributed by atoms with Crippen LogP contribution in [-0.4, -0.2) is 24.2 Å². The predicted octanol–water partition coefficient (Wildman–Crippen LogP) is 2.18.